The normalized spacial score (nSPS) is 19.2. The van der Waals surface area contributed by atoms with Crippen molar-refractivity contribution in [3.63, 3.8) is 0 Å². The zero-order valence-corrected chi connectivity index (χ0v) is 17.2. The first-order valence-corrected chi connectivity index (χ1v) is 11.0. The van der Waals surface area contributed by atoms with Gasteiger partial charge in [0.15, 0.2) is 0 Å². The monoisotopic (exact) mass is 386 g/mol. The van der Waals surface area contributed by atoms with E-state index in [1.165, 1.54) is 58.2 Å². The molecule has 0 amide bonds. The first-order valence-electron chi connectivity index (χ1n) is 10.2. The molecular formula is C25H26N2S. The molecule has 2 aliphatic heterocycles. The molecule has 0 bridgehead atoms. The van der Waals surface area contributed by atoms with Crippen molar-refractivity contribution in [2.24, 2.45) is 5.92 Å². The predicted molar refractivity (Wildman–Crippen MR) is 120 cm³/mol. The largest absolute Gasteiger partial charge is 0.339 e. The molecular weight excluding hydrogens is 360 g/mol. The van der Waals surface area contributed by atoms with E-state index in [1.54, 1.807) is 0 Å². The molecule has 0 aromatic heterocycles. The molecule has 0 saturated carbocycles. The number of hydrogen-bond donors (Lipinski definition) is 0. The molecule has 0 N–H and O–H groups in total. The van der Waals surface area contributed by atoms with E-state index in [9.17, 15) is 0 Å². The Morgan fingerprint density at radius 3 is 2.50 bits per heavy atom. The summed E-state index contributed by atoms with van der Waals surface area (Å²) in [6.45, 7) is 3.53. The maximum atomic E-state index is 2.57. The highest BCUT2D eigenvalue weighted by Gasteiger charge is 2.27. The van der Waals surface area contributed by atoms with E-state index >= 15 is 0 Å². The van der Waals surface area contributed by atoms with Gasteiger partial charge in [0.2, 0.25) is 0 Å². The van der Waals surface area contributed by atoms with E-state index in [2.05, 4.69) is 89.6 Å². The van der Waals surface area contributed by atoms with Gasteiger partial charge in [-0.25, -0.2) is 0 Å². The highest BCUT2D eigenvalue weighted by molar-refractivity contribution is 7.99. The van der Waals surface area contributed by atoms with E-state index < -0.39 is 0 Å². The molecule has 2 aliphatic rings. The fourth-order valence-electron chi connectivity index (χ4n) is 4.52. The Hall–Kier alpha value is -2.23. The molecule has 3 heteroatoms. The lowest BCUT2D eigenvalue weighted by Crippen LogP contribution is -2.38. The van der Waals surface area contributed by atoms with Crippen molar-refractivity contribution in [2.75, 3.05) is 31.6 Å². The number of piperidine rings is 1. The van der Waals surface area contributed by atoms with Gasteiger partial charge in [-0.3, -0.25) is 0 Å². The van der Waals surface area contributed by atoms with Gasteiger partial charge in [0, 0.05) is 22.9 Å². The molecule has 5 rings (SSSR count). The second kappa shape index (κ2) is 7.65. The smallest absolute Gasteiger partial charge is 0.0553 e. The highest BCUT2D eigenvalue weighted by atomic mass is 32.2. The number of nitrogens with zero attached hydrogens (tertiary/aromatic N) is 2. The summed E-state index contributed by atoms with van der Waals surface area (Å²) in [6.07, 6.45) is 2.64. The van der Waals surface area contributed by atoms with Crippen molar-refractivity contribution in [3.05, 3.63) is 72.8 Å². The van der Waals surface area contributed by atoms with Gasteiger partial charge in [-0.1, -0.05) is 60.3 Å². The van der Waals surface area contributed by atoms with Crippen LogP contribution in [0.15, 0.2) is 82.6 Å². The van der Waals surface area contributed by atoms with E-state index in [1.807, 2.05) is 11.8 Å². The van der Waals surface area contributed by atoms with Crippen molar-refractivity contribution in [1.82, 2.24) is 4.90 Å². The number of fused-ring (bicyclic) bond motifs is 2. The zero-order chi connectivity index (χ0) is 18.9. The standard InChI is InChI=1S/C25H26N2S/c1-26-15-7-8-19(17-26)18-27-22-11-5-6-12-24(22)28-25-16-21(13-14-23(25)27)20-9-3-2-4-10-20/h2-6,9-14,16,19H,7-8,15,17-18H2,1H3. The first kappa shape index (κ1) is 17.8. The second-order valence-electron chi connectivity index (χ2n) is 8.00. The topological polar surface area (TPSA) is 6.48 Å². The Balaban J connectivity index is 1.52. The van der Waals surface area contributed by atoms with Crippen LogP contribution in [0.25, 0.3) is 11.1 Å². The molecule has 3 aromatic carbocycles. The Kier molecular flexibility index (Phi) is 4.87. The molecule has 1 unspecified atom stereocenters. The summed E-state index contributed by atoms with van der Waals surface area (Å²) in [6, 6.07) is 26.5. The van der Waals surface area contributed by atoms with Gasteiger partial charge in [0.1, 0.15) is 0 Å². The number of rotatable bonds is 3. The van der Waals surface area contributed by atoms with Crippen LogP contribution in [0.1, 0.15) is 12.8 Å². The highest BCUT2D eigenvalue weighted by Crippen LogP contribution is 2.49. The molecule has 142 valence electrons. The van der Waals surface area contributed by atoms with Crippen LogP contribution in [0.5, 0.6) is 0 Å². The van der Waals surface area contributed by atoms with Gasteiger partial charge in [0.05, 0.1) is 11.4 Å². The van der Waals surface area contributed by atoms with E-state index in [0.29, 0.717) is 0 Å². The molecule has 1 fully saturated rings. The molecule has 3 aromatic rings. The van der Waals surface area contributed by atoms with Crippen LogP contribution in [0, 0.1) is 5.92 Å². The maximum absolute atomic E-state index is 2.57. The zero-order valence-electron chi connectivity index (χ0n) is 16.3. The predicted octanol–water partition coefficient (Wildman–Crippen LogP) is 6.30. The third-order valence-corrected chi connectivity index (χ3v) is 7.01. The summed E-state index contributed by atoms with van der Waals surface area (Å²) in [5.41, 5.74) is 5.30. The average Bonchev–Trinajstić information content (AvgIpc) is 2.74. The van der Waals surface area contributed by atoms with Gasteiger partial charge < -0.3 is 9.80 Å². The van der Waals surface area contributed by atoms with Crippen molar-refractivity contribution >= 4 is 23.1 Å². The third-order valence-electron chi connectivity index (χ3n) is 5.90. The maximum Gasteiger partial charge on any atom is 0.0553 e. The summed E-state index contributed by atoms with van der Waals surface area (Å²) in [5.74, 6) is 0.719. The Morgan fingerprint density at radius 1 is 0.857 bits per heavy atom. The summed E-state index contributed by atoms with van der Waals surface area (Å²) in [4.78, 5) is 7.78. The second-order valence-corrected chi connectivity index (χ2v) is 9.08. The molecule has 0 aliphatic carbocycles. The average molecular weight is 387 g/mol. The number of likely N-dealkylation sites (tertiary alicyclic amines) is 1. The Labute approximate surface area is 172 Å². The van der Waals surface area contributed by atoms with Crippen molar-refractivity contribution < 1.29 is 0 Å². The number of anilines is 2. The van der Waals surface area contributed by atoms with Gasteiger partial charge in [-0.15, -0.1) is 0 Å². The lowest BCUT2D eigenvalue weighted by molar-refractivity contribution is 0.214. The molecule has 28 heavy (non-hydrogen) atoms. The summed E-state index contributed by atoms with van der Waals surface area (Å²) < 4.78 is 0. The van der Waals surface area contributed by atoms with Crippen molar-refractivity contribution in [1.29, 1.82) is 0 Å². The molecule has 1 saturated heterocycles. The lowest BCUT2D eigenvalue weighted by Gasteiger charge is -2.38. The van der Waals surface area contributed by atoms with E-state index in [-0.39, 0.29) is 0 Å². The van der Waals surface area contributed by atoms with Crippen LogP contribution in [-0.4, -0.2) is 31.6 Å². The SMILES string of the molecule is CN1CCCC(CN2c3ccccc3Sc3cc(-c4ccccc4)ccc32)C1. The fraction of sp³-hybridized carbons (Fsp3) is 0.280. The third kappa shape index (κ3) is 3.45. The molecule has 0 radical (unpaired) electrons. The fourth-order valence-corrected chi connectivity index (χ4v) is 5.66. The summed E-state index contributed by atoms with van der Waals surface area (Å²) >= 11 is 1.91. The molecule has 0 spiro atoms. The summed E-state index contributed by atoms with van der Waals surface area (Å²) in [7, 11) is 2.26. The van der Waals surface area contributed by atoms with Crippen LogP contribution in [0.4, 0.5) is 11.4 Å². The van der Waals surface area contributed by atoms with Crippen LogP contribution in [-0.2, 0) is 0 Å². The van der Waals surface area contributed by atoms with Crippen LogP contribution < -0.4 is 4.90 Å². The minimum Gasteiger partial charge on any atom is -0.339 e. The molecule has 2 nitrogen and oxygen atoms in total. The summed E-state index contributed by atoms with van der Waals surface area (Å²) in [5, 5.41) is 0. The number of hydrogen-bond acceptors (Lipinski definition) is 3. The number of benzene rings is 3. The van der Waals surface area contributed by atoms with E-state index in [0.717, 1.165) is 12.5 Å². The first-order chi connectivity index (χ1) is 13.8. The van der Waals surface area contributed by atoms with Crippen LogP contribution in [0.2, 0.25) is 0 Å². The molecule has 2 heterocycles. The van der Waals surface area contributed by atoms with E-state index in [4.69, 9.17) is 0 Å². The van der Waals surface area contributed by atoms with Gasteiger partial charge in [-0.2, -0.15) is 0 Å². The Bertz CT molecular complexity index is 969. The lowest BCUT2D eigenvalue weighted by atomic mass is 9.97. The van der Waals surface area contributed by atoms with Gasteiger partial charge in [0.25, 0.3) is 0 Å². The van der Waals surface area contributed by atoms with Gasteiger partial charge >= 0.3 is 0 Å². The minimum absolute atomic E-state index is 0.719. The van der Waals surface area contributed by atoms with Crippen molar-refractivity contribution in [3.8, 4) is 11.1 Å². The van der Waals surface area contributed by atoms with Gasteiger partial charge in [-0.05, 0) is 67.7 Å². The minimum atomic E-state index is 0.719. The molecule has 1 atom stereocenters. The Morgan fingerprint density at radius 2 is 1.64 bits per heavy atom. The number of para-hydroxylation sites is 1. The van der Waals surface area contributed by atoms with Crippen molar-refractivity contribution in [2.45, 2.75) is 22.6 Å². The van der Waals surface area contributed by atoms with Crippen LogP contribution in [0.3, 0.4) is 0 Å². The quantitative estimate of drug-likeness (QED) is 0.522. The van der Waals surface area contributed by atoms with Crippen LogP contribution >= 0.6 is 11.8 Å².